The van der Waals surface area contributed by atoms with Gasteiger partial charge in [-0.2, -0.15) is 0 Å². The van der Waals surface area contributed by atoms with E-state index in [2.05, 4.69) is 0 Å². The molecule has 0 saturated heterocycles. The largest absolute Gasteiger partial charge is 0.324 e. The Morgan fingerprint density at radius 2 is 1.83 bits per heavy atom. The van der Waals surface area contributed by atoms with Crippen molar-refractivity contribution in [3.63, 3.8) is 0 Å². The van der Waals surface area contributed by atoms with Crippen LogP contribution in [-0.2, 0) is 6.42 Å². The highest BCUT2D eigenvalue weighted by Gasteiger charge is 2.12. The predicted molar refractivity (Wildman–Crippen MR) is 68.4 cm³/mol. The summed E-state index contributed by atoms with van der Waals surface area (Å²) in [7, 11) is 0. The lowest BCUT2D eigenvalue weighted by Crippen LogP contribution is -2.14. The highest BCUT2D eigenvalue weighted by Crippen LogP contribution is 2.24. The van der Waals surface area contributed by atoms with E-state index in [9.17, 15) is 8.78 Å². The quantitative estimate of drug-likeness (QED) is 0.898. The summed E-state index contributed by atoms with van der Waals surface area (Å²) in [6, 6.07) is 10.2. The Kier molecular flexibility index (Phi) is 3.94. The summed E-state index contributed by atoms with van der Waals surface area (Å²) in [4.78, 5) is 0. The second kappa shape index (κ2) is 5.46. The molecule has 0 amide bonds. The van der Waals surface area contributed by atoms with E-state index in [0.717, 1.165) is 0 Å². The van der Waals surface area contributed by atoms with E-state index in [1.165, 1.54) is 18.2 Å². The molecular formula is C14H12ClF2N. The minimum absolute atomic E-state index is 0.0735. The number of halogens is 3. The van der Waals surface area contributed by atoms with Gasteiger partial charge in [0.05, 0.1) is 5.02 Å². The lowest BCUT2D eigenvalue weighted by Gasteiger charge is -2.13. The van der Waals surface area contributed by atoms with Crippen molar-refractivity contribution in [2.24, 2.45) is 5.73 Å². The third kappa shape index (κ3) is 2.86. The van der Waals surface area contributed by atoms with E-state index < -0.39 is 11.9 Å². The normalized spacial score (nSPS) is 12.4. The fourth-order valence-corrected chi connectivity index (χ4v) is 2.00. The summed E-state index contributed by atoms with van der Waals surface area (Å²) >= 11 is 5.85. The standard InChI is InChI=1S/C14H12ClF2N/c15-14-10(4-2-6-12(14)17)8-13(18)9-3-1-5-11(16)7-9/h1-7,13H,8,18H2. The minimum Gasteiger partial charge on any atom is -0.324 e. The Hall–Kier alpha value is -1.45. The predicted octanol–water partition coefficient (Wildman–Crippen LogP) is 3.86. The highest BCUT2D eigenvalue weighted by atomic mass is 35.5. The number of hydrogen-bond donors (Lipinski definition) is 1. The number of hydrogen-bond acceptors (Lipinski definition) is 1. The fraction of sp³-hybridized carbons (Fsp3) is 0.143. The van der Waals surface area contributed by atoms with Crippen molar-refractivity contribution >= 4 is 11.6 Å². The summed E-state index contributed by atoms with van der Waals surface area (Å²) in [6.07, 6.45) is 0.361. The van der Waals surface area contributed by atoms with E-state index in [0.29, 0.717) is 17.5 Å². The molecule has 94 valence electrons. The first-order valence-corrected chi connectivity index (χ1v) is 5.89. The average Bonchev–Trinajstić information content (AvgIpc) is 2.35. The van der Waals surface area contributed by atoms with Gasteiger partial charge in [-0.15, -0.1) is 0 Å². The van der Waals surface area contributed by atoms with E-state index in [-0.39, 0.29) is 10.8 Å². The van der Waals surface area contributed by atoms with Gasteiger partial charge in [-0.05, 0) is 35.7 Å². The van der Waals surface area contributed by atoms with Crippen molar-refractivity contribution in [2.75, 3.05) is 0 Å². The van der Waals surface area contributed by atoms with E-state index >= 15 is 0 Å². The van der Waals surface area contributed by atoms with Gasteiger partial charge in [0.15, 0.2) is 0 Å². The SMILES string of the molecule is NC(Cc1cccc(F)c1Cl)c1cccc(F)c1. The van der Waals surface area contributed by atoms with Gasteiger partial charge >= 0.3 is 0 Å². The van der Waals surface area contributed by atoms with Crippen LogP contribution in [0.5, 0.6) is 0 Å². The van der Waals surface area contributed by atoms with Crippen LogP contribution in [0.3, 0.4) is 0 Å². The molecule has 0 spiro atoms. The summed E-state index contributed by atoms with van der Waals surface area (Å²) in [6.45, 7) is 0. The maximum absolute atomic E-state index is 13.3. The zero-order valence-corrected chi connectivity index (χ0v) is 10.3. The van der Waals surface area contributed by atoms with Gasteiger partial charge in [0.25, 0.3) is 0 Å². The first-order valence-electron chi connectivity index (χ1n) is 5.52. The molecule has 4 heteroatoms. The second-order valence-electron chi connectivity index (χ2n) is 4.08. The molecule has 2 N–H and O–H groups in total. The van der Waals surface area contributed by atoms with Gasteiger partial charge in [0.2, 0.25) is 0 Å². The van der Waals surface area contributed by atoms with Crippen molar-refractivity contribution < 1.29 is 8.78 Å². The van der Waals surface area contributed by atoms with Crippen LogP contribution in [0.1, 0.15) is 17.2 Å². The average molecular weight is 268 g/mol. The van der Waals surface area contributed by atoms with Crippen LogP contribution in [0, 0.1) is 11.6 Å². The zero-order valence-electron chi connectivity index (χ0n) is 9.54. The van der Waals surface area contributed by atoms with Crippen LogP contribution in [0.2, 0.25) is 5.02 Å². The molecule has 1 atom stereocenters. The molecule has 0 aromatic heterocycles. The van der Waals surface area contributed by atoms with Crippen LogP contribution in [-0.4, -0.2) is 0 Å². The smallest absolute Gasteiger partial charge is 0.142 e. The van der Waals surface area contributed by atoms with Crippen LogP contribution < -0.4 is 5.73 Å². The van der Waals surface area contributed by atoms with Crippen molar-refractivity contribution in [3.8, 4) is 0 Å². The Bertz CT molecular complexity index is 557. The number of benzene rings is 2. The minimum atomic E-state index is -0.472. The molecule has 0 bridgehead atoms. The molecule has 1 nitrogen and oxygen atoms in total. The first kappa shape index (κ1) is 13.0. The molecule has 0 saturated carbocycles. The third-order valence-electron chi connectivity index (χ3n) is 2.75. The number of rotatable bonds is 3. The zero-order chi connectivity index (χ0) is 13.1. The monoisotopic (exact) mass is 267 g/mol. The molecule has 2 rings (SSSR count). The highest BCUT2D eigenvalue weighted by molar-refractivity contribution is 6.31. The van der Waals surface area contributed by atoms with E-state index in [1.807, 2.05) is 0 Å². The van der Waals surface area contributed by atoms with Crippen LogP contribution in [0.15, 0.2) is 42.5 Å². The molecule has 0 aliphatic rings. The molecular weight excluding hydrogens is 256 g/mol. The van der Waals surface area contributed by atoms with Gasteiger partial charge in [-0.1, -0.05) is 35.9 Å². The van der Waals surface area contributed by atoms with Crippen molar-refractivity contribution in [3.05, 3.63) is 70.2 Å². The maximum Gasteiger partial charge on any atom is 0.142 e. The molecule has 0 radical (unpaired) electrons. The molecule has 1 unspecified atom stereocenters. The number of nitrogens with two attached hydrogens (primary N) is 1. The van der Waals surface area contributed by atoms with Gasteiger partial charge in [0, 0.05) is 6.04 Å². The summed E-state index contributed by atoms with van der Waals surface area (Å²) in [5.41, 5.74) is 7.25. The van der Waals surface area contributed by atoms with Crippen molar-refractivity contribution in [1.29, 1.82) is 0 Å². The van der Waals surface area contributed by atoms with Gasteiger partial charge < -0.3 is 5.73 Å². The fourth-order valence-electron chi connectivity index (χ4n) is 1.80. The van der Waals surface area contributed by atoms with Crippen molar-refractivity contribution in [2.45, 2.75) is 12.5 Å². The van der Waals surface area contributed by atoms with E-state index in [1.54, 1.807) is 24.3 Å². The van der Waals surface area contributed by atoms with Gasteiger partial charge in [-0.25, -0.2) is 8.78 Å². The third-order valence-corrected chi connectivity index (χ3v) is 3.17. The Morgan fingerprint density at radius 3 is 2.56 bits per heavy atom. The Morgan fingerprint density at radius 1 is 1.11 bits per heavy atom. The summed E-state index contributed by atoms with van der Waals surface area (Å²) in [5.74, 6) is -0.811. The second-order valence-corrected chi connectivity index (χ2v) is 4.46. The first-order chi connectivity index (χ1) is 8.58. The molecule has 0 aliphatic carbocycles. The Balaban J connectivity index is 2.21. The molecule has 0 heterocycles. The van der Waals surface area contributed by atoms with Crippen LogP contribution in [0.4, 0.5) is 8.78 Å². The molecule has 2 aromatic rings. The Labute approximate surface area is 109 Å². The van der Waals surface area contributed by atoms with Crippen LogP contribution >= 0.6 is 11.6 Å². The molecule has 18 heavy (non-hydrogen) atoms. The van der Waals surface area contributed by atoms with Gasteiger partial charge in [-0.3, -0.25) is 0 Å². The lowest BCUT2D eigenvalue weighted by molar-refractivity contribution is 0.614. The van der Waals surface area contributed by atoms with Crippen LogP contribution in [0.25, 0.3) is 0 Å². The molecule has 0 aliphatic heterocycles. The topological polar surface area (TPSA) is 26.0 Å². The summed E-state index contributed by atoms with van der Waals surface area (Å²) < 4.78 is 26.3. The maximum atomic E-state index is 13.3. The van der Waals surface area contributed by atoms with E-state index in [4.69, 9.17) is 17.3 Å². The van der Waals surface area contributed by atoms with Crippen molar-refractivity contribution in [1.82, 2.24) is 0 Å². The molecule has 0 fully saturated rings. The lowest BCUT2D eigenvalue weighted by atomic mass is 9.99. The summed E-state index contributed by atoms with van der Waals surface area (Å²) in [5, 5.41) is 0.0735. The molecule has 2 aromatic carbocycles. The van der Waals surface area contributed by atoms with Gasteiger partial charge in [0.1, 0.15) is 11.6 Å².